The smallest absolute Gasteiger partial charge is 0.0417 e. The van der Waals surface area contributed by atoms with Crippen LogP contribution in [-0.4, -0.2) is 4.37 Å². The van der Waals surface area contributed by atoms with Crippen LogP contribution in [0.15, 0.2) is 12.3 Å². The van der Waals surface area contributed by atoms with Gasteiger partial charge in [-0.1, -0.05) is 0 Å². The minimum absolute atomic E-state index is 0.141. The van der Waals surface area contributed by atoms with E-state index in [1.54, 1.807) is 6.20 Å². The van der Waals surface area contributed by atoms with Gasteiger partial charge in [0.15, 0.2) is 0 Å². The SMILES string of the molecule is C[C@H](N)c1ccns1. The van der Waals surface area contributed by atoms with Crippen LogP contribution < -0.4 is 5.73 Å². The Morgan fingerprint density at radius 2 is 2.62 bits per heavy atom. The molecule has 0 aliphatic rings. The maximum atomic E-state index is 5.53. The van der Waals surface area contributed by atoms with Crippen LogP contribution >= 0.6 is 11.5 Å². The molecule has 2 nitrogen and oxygen atoms in total. The van der Waals surface area contributed by atoms with Crippen molar-refractivity contribution in [2.24, 2.45) is 5.73 Å². The summed E-state index contributed by atoms with van der Waals surface area (Å²) in [5.74, 6) is 0. The van der Waals surface area contributed by atoms with Crippen molar-refractivity contribution < 1.29 is 0 Å². The highest BCUT2D eigenvalue weighted by atomic mass is 32.1. The maximum Gasteiger partial charge on any atom is 0.0417 e. The van der Waals surface area contributed by atoms with Gasteiger partial charge in [-0.15, -0.1) is 0 Å². The summed E-state index contributed by atoms with van der Waals surface area (Å²) in [6, 6.07) is 2.08. The predicted molar refractivity (Wildman–Crippen MR) is 34.7 cm³/mol. The van der Waals surface area contributed by atoms with Gasteiger partial charge in [-0.2, -0.15) is 0 Å². The van der Waals surface area contributed by atoms with E-state index in [2.05, 4.69) is 4.37 Å². The molecule has 0 saturated heterocycles. The zero-order valence-electron chi connectivity index (χ0n) is 4.66. The second kappa shape index (κ2) is 2.24. The van der Waals surface area contributed by atoms with E-state index in [4.69, 9.17) is 5.73 Å². The number of hydrogen-bond donors (Lipinski definition) is 1. The quantitative estimate of drug-likeness (QED) is 0.616. The first kappa shape index (κ1) is 5.72. The lowest BCUT2D eigenvalue weighted by Gasteiger charge is -1.95. The molecule has 3 heteroatoms. The van der Waals surface area contributed by atoms with Gasteiger partial charge in [0.2, 0.25) is 0 Å². The Morgan fingerprint density at radius 1 is 1.88 bits per heavy atom. The van der Waals surface area contributed by atoms with Gasteiger partial charge in [0.25, 0.3) is 0 Å². The summed E-state index contributed by atoms with van der Waals surface area (Å²) in [4.78, 5) is 1.14. The second-order valence-electron chi connectivity index (χ2n) is 1.70. The van der Waals surface area contributed by atoms with Crippen LogP contribution in [0.25, 0.3) is 0 Å². The van der Waals surface area contributed by atoms with Crippen LogP contribution in [0.5, 0.6) is 0 Å². The highest BCUT2D eigenvalue weighted by Crippen LogP contribution is 2.11. The molecule has 0 spiro atoms. The Labute approximate surface area is 52.5 Å². The first-order valence-electron chi connectivity index (χ1n) is 2.47. The normalized spacial score (nSPS) is 13.8. The van der Waals surface area contributed by atoms with Gasteiger partial charge in [-0.25, -0.2) is 4.37 Å². The molecule has 1 rings (SSSR count). The van der Waals surface area contributed by atoms with Gasteiger partial charge in [0.1, 0.15) is 0 Å². The summed E-state index contributed by atoms with van der Waals surface area (Å²) in [5, 5.41) is 0. The summed E-state index contributed by atoms with van der Waals surface area (Å²) in [5.41, 5.74) is 5.53. The van der Waals surface area contributed by atoms with E-state index in [9.17, 15) is 0 Å². The number of rotatable bonds is 1. The molecule has 0 radical (unpaired) electrons. The Bertz CT molecular complexity index is 145. The molecule has 1 aromatic rings. The maximum absolute atomic E-state index is 5.53. The van der Waals surface area contributed by atoms with Crippen LogP contribution in [0, 0.1) is 0 Å². The van der Waals surface area contributed by atoms with Crippen molar-refractivity contribution in [2.75, 3.05) is 0 Å². The molecule has 0 aliphatic carbocycles. The third-order valence-corrected chi connectivity index (χ3v) is 1.85. The van der Waals surface area contributed by atoms with Crippen molar-refractivity contribution in [3.8, 4) is 0 Å². The monoisotopic (exact) mass is 128 g/mol. The molecule has 0 amide bonds. The molecule has 0 saturated carbocycles. The van der Waals surface area contributed by atoms with Gasteiger partial charge in [0.05, 0.1) is 0 Å². The highest BCUT2D eigenvalue weighted by molar-refractivity contribution is 7.05. The summed E-state index contributed by atoms with van der Waals surface area (Å²) in [6.45, 7) is 1.95. The summed E-state index contributed by atoms with van der Waals surface area (Å²) < 4.78 is 3.91. The van der Waals surface area contributed by atoms with E-state index in [1.807, 2.05) is 13.0 Å². The molecule has 0 aromatic carbocycles. The van der Waals surface area contributed by atoms with Crippen molar-refractivity contribution in [1.82, 2.24) is 4.37 Å². The van der Waals surface area contributed by atoms with Gasteiger partial charge in [0, 0.05) is 17.1 Å². The van der Waals surface area contributed by atoms with Gasteiger partial charge in [-0.05, 0) is 24.5 Å². The van der Waals surface area contributed by atoms with E-state index < -0.39 is 0 Å². The van der Waals surface area contributed by atoms with Crippen molar-refractivity contribution in [1.29, 1.82) is 0 Å². The molecule has 0 unspecified atom stereocenters. The van der Waals surface area contributed by atoms with Gasteiger partial charge in [-0.3, -0.25) is 0 Å². The van der Waals surface area contributed by atoms with Crippen LogP contribution in [0.4, 0.5) is 0 Å². The molecule has 0 bridgehead atoms. The molecular weight excluding hydrogens is 120 g/mol. The standard InChI is InChI=1S/C5H8N2S/c1-4(6)5-2-3-7-8-5/h2-4H,6H2,1H3/t4-/m0/s1. The summed E-state index contributed by atoms with van der Waals surface area (Å²) in [7, 11) is 0. The van der Waals surface area contributed by atoms with Gasteiger partial charge >= 0.3 is 0 Å². The highest BCUT2D eigenvalue weighted by Gasteiger charge is 1.97. The zero-order chi connectivity index (χ0) is 5.98. The van der Waals surface area contributed by atoms with E-state index in [0.717, 1.165) is 4.88 Å². The minimum atomic E-state index is 0.141. The Kier molecular flexibility index (Phi) is 1.60. The molecule has 1 heterocycles. The second-order valence-corrected chi connectivity index (χ2v) is 2.57. The molecular formula is C5H8N2S. The van der Waals surface area contributed by atoms with Crippen molar-refractivity contribution in [2.45, 2.75) is 13.0 Å². The number of hydrogen-bond acceptors (Lipinski definition) is 3. The topological polar surface area (TPSA) is 38.9 Å². The third kappa shape index (κ3) is 1.05. The van der Waals surface area contributed by atoms with E-state index >= 15 is 0 Å². The molecule has 2 N–H and O–H groups in total. The van der Waals surface area contributed by atoms with Crippen LogP contribution in [0.3, 0.4) is 0 Å². The largest absolute Gasteiger partial charge is 0.323 e. The Morgan fingerprint density at radius 3 is 2.88 bits per heavy atom. The lowest BCUT2D eigenvalue weighted by atomic mass is 10.3. The first-order chi connectivity index (χ1) is 3.80. The number of aromatic nitrogens is 1. The first-order valence-corrected chi connectivity index (χ1v) is 3.24. The van der Waals surface area contributed by atoms with Crippen LogP contribution in [-0.2, 0) is 0 Å². The van der Waals surface area contributed by atoms with Gasteiger partial charge < -0.3 is 5.73 Å². The minimum Gasteiger partial charge on any atom is -0.323 e. The molecule has 0 aliphatic heterocycles. The fraction of sp³-hybridized carbons (Fsp3) is 0.400. The summed E-state index contributed by atoms with van der Waals surface area (Å²) in [6.07, 6.45) is 1.77. The number of nitrogens with two attached hydrogens (primary N) is 1. The Hall–Kier alpha value is -0.410. The molecule has 1 aromatic heterocycles. The average Bonchev–Trinajstić information content (AvgIpc) is 2.12. The van der Waals surface area contributed by atoms with Crippen LogP contribution in [0.2, 0.25) is 0 Å². The fourth-order valence-electron chi connectivity index (χ4n) is 0.461. The lowest BCUT2D eigenvalue weighted by Crippen LogP contribution is -2.01. The average molecular weight is 128 g/mol. The molecule has 8 heavy (non-hydrogen) atoms. The van der Waals surface area contributed by atoms with E-state index in [1.165, 1.54) is 11.5 Å². The van der Waals surface area contributed by atoms with E-state index in [0.29, 0.717) is 0 Å². The molecule has 44 valence electrons. The van der Waals surface area contributed by atoms with Crippen molar-refractivity contribution in [3.05, 3.63) is 17.1 Å². The Balaban J connectivity index is 2.77. The summed E-state index contributed by atoms with van der Waals surface area (Å²) >= 11 is 1.46. The predicted octanol–water partition coefficient (Wildman–Crippen LogP) is 1.16. The van der Waals surface area contributed by atoms with Crippen molar-refractivity contribution >= 4 is 11.5 Å². The fourth-order valence-corrected chi connectivity index (χ4v) is 0.992. The molecule has 0 fully saturated rings. The van der Waals surface area contributed by atoms with Crippen molar-refractivity contribution in [3.63, 3.8) is 0 Å². The number of nitrogens with zero attached hydrogens (tertiary/aromatic N) is 1. The van der Waals surface area contributed by atoms with Crippen LogP contribution in [0.1, 0.15) is 17.8 Å². The zero-order valence-corrected chi connectivity index (χ0v) is 5.48. The third-order valence-electron chi connectivity index (χ3n) is 0.907. The van der Waals surface area contributed by atoms with E-state index in [-0.39, 0.29) is 6.04 Å². The lowest BCUT2D eigenvalue weighted by molar-refractivity contribution is 0.838. The molecule has 1 atom stereocenters.